The summed E-state index contributed by atoms with van der Waals surface area (Å²) in [6.45, 7) is 0.123. The Hall–Kier alpha value is -1.69. The van der Waals surface area contributed by atoms with Gasteiger partial charge in [-0.15, -0.1) is 11.8 Å². The van der Waals surface area contributed by atoms with Crippen LogP contribution in [0.1, 0.15) is 11.1 Å². The van der Waals surface area contributed by atoms with E-state index in [1.807, 2.05) is 30.5 Å². The minimum absolute atomic E-state index is 0.123. The SMILES string of the molecule is CSc1ccccc1NCc1cc(F)cc(C(F)(F)F)c1. The van der Waals surface area contributed by atoms with Crippen LogP contribution >= 0.6 is 11.8 Å². The standard InChI is InChI=1S/C15H13F4NS/c1-21-14-5-3-2-4-13(14)20-9-10-6-11(15(17,18)19)8-12(16)7-10/h2-8,20H,9H2,1H3. The molecule has 0 atom stereocenters. The van der Waals surface area contributed by atoms with Gasteiger partial charge in [0.1, 0.15) is 5.82 Å². The number of para-hydroxylation sites is 1. The number of nitrogens with one attached hydrogen (secondary N) is 1. The van der Waals surface area contributed by atoms with Crippen LogP contribution < -0.4 is 5.32 Å². The molecule has 0 fully saturated rings. The van der Waals surface area contributed by atoms with E-state index >= 15 is 0 Å². The van der Waals surface area contributed by atoms with E-state index < -0.39 is 17.6 Å². The number of hydrogen-bond acceptors (Lipinski definition) is 2. The number of thioether (sulfide) groups is 1. The average molecular weight is 315 g/mol. The Kier molecular flexibility index (Phi) is 4.77. The Labute approximate surface area is 124 Å². The van der Waals surface area contributed by atoms with Crippen LogP contribution in [-0.2, 0) is 12.7 Å². The number of alkyl halides is 3. The maximum Gasteiger partial charge on any atom is 0.416 e. The first-order valence-corrected chi connectivity index (χ1v) is 7.36. The molecule has 0 aromatic heterocycles. The molecule has 2 aromatic carbocycles. The van der Waals surface area contributed by atoms with Gasteiger partial charge in [0, 0.05) is 17.1 Å². The third kappa shape index (κ3) is 4.14. The van der Waals surface area contributed by atoms with Gasteiger partial charge in [0.2, 0.25) is 0 Å². The van der Waals surface area contributed by atoms with Gasteiger partial charge in [-0.2, -0.15) is 13.2 Å². The highest BCUT2D eigenvalue weighted by atomic mass is 32.2. The summed E-state index contributed by atoms with van der Waals surface area (Å²) in [5.41, 5.74) is 0.0819. The Morgan fingerprint density at radius 2 is 1.81 bits per heavy atom. The van der Waals surface area contributed by atoms with Gasteiger partial charge in [0.05, 0.1) is 5.56 Å². The van der Waals surface area contributed by atoms with Crippen LogP contribution in [-0.4, -0.2) is 6.26 Å². The lowest BCUT2D eigenvalue weighted by atomic mass is 10.1. The summed E-state index contributed by atoms with van der Waals surface area (Å²) in [6, 6.07) is 9.99. The van der Waals surface area contributed by atoms with E-state index in [9.17, 15) is 17.6 Å². The van der Waals surface area contributed by atoms with Crippen molar-refractivity contribution >= 4 is 17.4 Å². The van der Waals surface area contributed by atoms with Crippen LogP contribution in [0, 0.1) is 5.82 Å². The third-order valence-electron chi connectivity index (χ3n) is 2.87. The fourth-order valence-electron chi connectivity index (χ4n) is 1.90. The zero-order chi connectivity index (χ0) is 15.5. The minimum atomic E-state index is -4.55. The Balaban J connectivity index is 2.19. The molecule has 2 aromatic rings. The first-order chi connectivity index (χ1) is 9.90. The van der Waals surface area contributed by atoms with Crippen molar-refractivity contribution in [2.75, 3.05) is 11.6 Å². The molecular formula is C15H13F4NS. The number of anilines is 1. The summed E-state index contributed by atoms with van der Waals surface area (Å²) >= 11 is 1.52. The Morgan fingerprint density at radius 3 is 2.48 bits per heavy atom. The highest BCUT2D eigenvalue weighted by molar-refractivity contribution is 7.98. The van der Waals surface area contributed by atoms with E-state index in [1.54, 1.807) is 0 Å². The van der Waals surface area contributed by atoms with Gasteiger partial charge >= 0.3 is 6.18 Å². The first kappa shape index (κ1) is 15.7. The van der Waals surface area contributed by atoms with Gasteiger partial charge in [-0.3, -0.25) is 0 Å². The number of benzene rings is 2. The highest BCUT2D eigenvalue weighted by Crippen LogP contribution is 2.31. The van der Waals surface area contributed by atoms with E-state index in [4.69, 9.17) is 0 Å². The molecule has 1 N–H and O–H groups in total. The molecule has 0 spiro atoms. The van der Waals surface area contributed by atoms with Gasteiger partial charge in [0.15, 0.2) is 0 Å². The highest BCUT2D eigenvalue weighted by Gasteiger charge is 2.31. The quantitative estimate of drug-likeness (QED) is 0.616. The van der Waals surface area contributed by atoms with Crippen LogP contribution in [0.5, 0.6) is 0 Å². The molecule has 2 rings (SSSR count). The predicted molar refractivity (Wildman–Crippen MR) is 77.0 cm³/mol. The molecule has 1 nitrogen and oxygen atoms in total. The van der Waals surface area contributed by atoms with E-state index in [1.165, 1.54) is 11.8 Å². The molecule has 0 aliphatic rings. The molecule has 0 amide bonds. The van der Waals surface area contributed by atoms with Crippen LogP contribution in [0.2, 0.25) is 0 Å². The molecule has 21 heavy (non-hydrogen) atoms. The lowest BCUT2D eigenvalue weighted by Gasteiger charge is -2.12. The van der Waals surface area contributed by atoms with Crippen LogP contribution in [0.3, 0.4) is 0 Å². The number of halogens is 4. The zero-order valence-electron chi connectivity index (χ0n) is 11.2. The predicted octanol–water partition coefficient (Wildman–Crippen LogP) is 5.18. The van der Waals surface area contributed by atoms with Crippen molar-refractivity contribution in [1.29, 1.82) is 0 Å². The van der Waals surface area contributed by atoms with Crippen LogP contribution in [0.4, 0.5) is 23.2 Å². The second kappa shape index (κ2) is 6.39. The fourth-order valence-corrected chi connectivity index (χ4v) is 2.48. The molecule has 0 radical (unpaired) electrons. The van der Waals surface area contributed by atoms with Crippen molar-refractivity contribution in [3.63, 3.8) is 0 Å². The first-order valence-electron chi connectivity index (χ1n) is 6.13. The van der Waals surface area contributed by atoms with Crippen molar-refractivity contribution in [2.24, 2.45) is 0 Å². The smallest absolute Gasteiger partial charge is 0.380 e. The van der Waals surface area contributed by atoms with E-state index in [-0.39, 0.29) is 12.1 Å². The Bertz CT molecular complexity index is 625. The molecular weight excluding hydrogens is 302 g/mol. The fraction of sp³-hybridized carbons (Fsp3) is 0.200. The van der Waals surface area contributed by atoms with Crippen LogP contribution in [0.25, 0.3) is 0 Å². The maximum absolute atomic E-state index is 13.3. The molecule has 6 heteroatoms. The average Bonchev–Trinajstić information content (AvgIpc) is 2.44. The molecule has 0 unspecified atom stereocenters. The number of rotatable bonds is 4. The molecule has 112 valence electrons. The lowest BCUT2D eigenvalue weighted by molar-refractivity contribution is -0.137. The zero-order valence-corrected chi connectivity index (χ0v) is 12.0. The van der Waals surface area contributed by atoms with E-state index in [2.05, 4.69) is 5.32 Å². The molecule has 0 aliphatic heterocycles. The topological polar surface area (TPSA) is 12.0 Å². The van der Waals surface area contributed by atoms with Gasteiger partial charge in [-0.1, -0.05) is 12.1 Å². The summed E-state index contributed by atoms with van der Waals surface area (Å²) < 4.78 is 51.2. The summed E-state index contributed by atoms with van der Waals surface area (Å²) in [4.78, 5) is 0.977. The minimum Gasteiger partial charge on any atom is -0.380 e. The lowest BCUT2D eigenvalue weighted by Crippen LogP contribution is -2.08. The van der Waals surface area contributed by atoms with E-state index in [0.29, 0.717) is 6.07 Å². The summed E-state index contributed by atoms with van der Waals surface area (Å²) in [7, 11) is 0. The maximum atomic E-state index is 13.3. The van der Waals surface area contributed by atoms with Gasteiger partial charge in [-0.25, -0.2) is 4.39 Å². The summed E-state index contributed by atoms with van der Waals surface area (Å²) in [5.74, 6) is -0.889. The van der Waals surface area contributed by atoms with Crippen molar-refractivity contribution in [2.45, 2.75) is 17.6 Å². The monoisotopic (exact) mass is 315 g/mol. The summed E-state index contributed by atoms with van der Waals surface area (Å²) in [5, 5.41) is 3.03. The van der Waals surface area contributed by atoms with Gasteiger partial charge < -0.3 is 5.32 Å². The van der Waals surface area contributed by atoms with Gasteiger partial charge in [-0.05, 0) is 42.2 Å². The van der Waals surface area contributed by atoms with Crippen LogP contribution in [0.15, 0.2) is 47.4 Å². The third-order valence-corrected chi connectivity index (χ3v) is 3.67. The van der Waals surface area contributed by atoms with E-state index in [0.717, 1.165) is 22.7 Å². The molecule has 0 bridgehead atoms. The van der Waals surface area contributed by atoms with Crippen molar-refractivity contribution < 1.29 is 17.6 Å². The summed E-state index contributed by atoms with van der Waals surface area (Å²) in [6.07, 6.45) is -2.64. The van der Waals surface area contributed by atoms with Gasteiger partial charge in [0.25, 0.3) is 0 Å². The number of hydrogen-bond donors (Lipinski definition) is 1. The van der Waals surface area contributed by atoms with Crippen molar-refractivity contribution in [3.8, 4) is 0 Å². The Morgan fingerprint density at radius 1 is 1.10 bits per heavy atom. The normalized spacial score (nSPS) is 11.5. The molecule has 0 heterocycles. The largest absolute Gasteiger partial charge is 0.416 e. The second-order valence-electron chi connectivity index (χ2n) is 4.40. The molecule has 0 aliphatic carbocycles. The molecule has 0 saturated carbocycles. The van der Waals surface area contributed by atoms with Crippen molar-refractivity contribution in [3.05, 3.63) is 59.4 Å². The second-order valence-corrected chi connectivity index (χ2v) is 5.25. The van der Waals surface area contributed by atoms with Crippen molar-refractivity contribution in [1.82, 2.24) is 0 Å². The molecule has 0 saturated heterocycles.